The third-order valence-corrected chi connectivity index (χ3v) is 18.1. The normalized spacial score (nSPS) is 37.1. The van der Waals surface area contributed by atoms with Gasteiger partial charge in [0.2, 0.25) is 41.7 Å². The number of aliphatic hydroxyl groups is 12. The molecule has 7 heterocycles. The lowest BCUT2D eigenvalue weighted by Gasteiger charge is -2.48. The molecule has 2 unspecified atom stereocenters. The number of amides is 6. The number of fused-ring (bicyclic) bond motifs is 1. The molecule has 0 aliphatic carbocycles. The van der Waals surface area contributed by atoms with Crippen LogP contribution in [-0.4, -0.2) is 306 Å². The minimum atomic E-state index is -2.35. The predicted molar refractivity (Wildman–Crippen MR) is 330 cm³/mol. The SMILES string of the molecule is C[C@@H](c1ccccc1)C1NC(=O)CNC(=O)[C@H](CO)NC(=O)[C@@H]([C@@H](O)[C@@H]2CN=C(N)N2[C@H]2O[C@H](CO)[C@@H](O)[C@H](O)[C@@H]2O)NC(=O)[C@H]([C@@H](O)[C@@H]2CNC(N)=N2)NC(=O)[C@@H](Cc2ccc(O[C@H]3O[C@H](CO)[C@@H](O[C@H]4O[C@@H]5COC(c6ccccc6)O[C@H]5[C@H](O)[C@@H]4O)[C@H](O)[C@@H]3O)cc2)NC1=O. The van der Waals surface area contributed by atoms with Crippen LogP contribution in [-0.2, 0) is 63.6 Å². The number of aliphatic imine (C=N–C) groups is 2. The van der Waals surface area contributed by atoms with E-state index in [1.54, 1.807) is 67.6 Å². The van der Waals surface area contributed by atoms with Gasteiger partial charge in [-0.05, 0) is 23.3 Å². The fourth-order valence-corrected chi connectivity index (χ4v) is 12.5. The van der Waals surface area contributed by atoms with Crippen LogP contribution < -0.4 is 53.4 Å². The van der Waals surface area contributed by atoms with Crippen LogP contribution in [0.5, 0.6) is 5.75 Å². The zero-order valence-electron chi connectivity index (χ0n) is 52.4. The molecule has 7 aliphatic rings. The van der Waals surface area contributed by atoms with E-state index in [-0.39, 0.29) is 30.4 Å². The van der Waals surface area contributed by atoms with Gasteiger partial charge >= 0.3 is 0 Å². The van der Waals surface area contributed by atoms with Crippen LogP contribution in [0.1, 0.15) is 35.8 Å². The van der Waals surface area contributed by atoms with Crippen molar-refractivity contribution in [1.82, 2.24) is 42.1 Å². The number of aliphatic hydroxyl groups excluding tert-OH is 12. The number of nitrogens with two attached hydrogens (primary N) is 2. The van der Waals surface area contributed by atoms with Gasteiger partial charge in [-0.1, -0.05) is 79.7 Å². The van der Waals surface area contributed by atoms with Crippen LogP contribution in [0.25, 0.3) is 0 Å². The maximum absolute atomic E-state index is 15.2. The molecule has 6 amide bonds. The van der Waals surface area contributed by atoms with E-state index in [9.17, 15) is 80.5 Å². The highest BCUT2D eigenvalue weighted by molar-refractivity contribution is 5.98. The summed E-state index contributed by atoms with van der Waals surface area (Å²) in [6, 6.07) is 9.78. The molecule has 0 radical (unpaired) electrons. The Morgan fingerprint density at radius 1 is 0.612 bits per heavy atom. The molecule has 37 heteroatoms. The number of carbonyl (C=O) groups is 6. The lowest BCUT2D eigenvalue weighted by Crippen LogP contribution is -2.70. The van der Waals surface area contributed by atoms with Gasteiger partial charge in [0.1, 0.15) is 121 Å². The number of rotatable bonds is 17. The highest BCUT2D eigenvalue weighted by Crippen LogP contribution is 2.37. The summed E-state index contributed by atoms with van der Waals surface area (Å²) in [7, 11) is 0. The summed E-state index contributed by atoms with van der Waals surface area (Å²) >= 11 is 0. The fraction of sp³-hybridized carbons (Fsp3) is 0.574. The van der Waals surface area contributed by atoms with Crippen molar-refractivity contribution >= 4 is 47.4 Å². The van der Waals surface area contributed by atoms with Gasteiger partial charge in [0.15, 0.2) is 30.7 Å². The molecule has 0 aromatic heterocycles. The molecule has 5 fully saturated rings. The van der Waals surface area contributed by atoms with Crippen molar-refractivity contribution in [3.8, 4) is 5.75 Å². The molecule has 536 valence electrons. The molecule has 5 saturated heterocycles. The van der Waals surface area contributed by atoms with Crippen LogP contribution in [0.2, 0.25) is 0 Å². The van der Waals surface area contributed by atoms with Gasteiger partial charge in [0, 0.05) is 24.4 Å². The molecule has 7 aliphatic heterocycles. The minimum absolute atomic E-state index is 0.0452. The fourth-order valence-electron chi connectivity index (χ4n) is 12.5. The largest absolute Gasteiger partial charge is 0.462 e. The standard InChI is InChI=1S/C61H82N12O25/c1-24(26-8-4-2-5-9-26)37-53(89)67-29(16-25-12-14-28(15-13-25)93-58-47(85)44(82)49(34(22-76)95-58)98-59-48(86)45(83)50-35(96-59)23-92-57(97-50)27-10-6-3-7-11-27)52(88)71-38(40(78)30-17-65-60(62)69-30)55(91)72-39(54(90)68-31(20-74)51(87)64-19-36(77)70-37)41(79)32-18-66-61(63)73(32)56-46(84)43(81)42(80)33(21-75)94-56/h2-15,24,29-35,37-50,56-59,74-76,78-86H,16-23H2,1H3,(H2,63,66)(H,64,87)(H,67,89)(H,68,90)(H,70,77)(H,71,88)(H,72,91)(H3,62,65,69)/t24-,29+,30-,31-,32-,33+,34+,35+,37?,38-,39+,40-,41-,42+,43-,44+,45+,46-,47-,48-,49+,50+,56-,57?,58-,59+/m0/s1. The van der Waals surface area contributed by atoms with E-state index < -0.39 is 239 Å². The Bertz CT molecular complexity index is 3310. The minimum Gasteiger partial charge on any atom is -0.462 e. The van der Waals surface area contributed by atoms with Gasteiger partial charge in [0.25, 0.3) is 0 Å². The first-order valence-corrected chi connectivity index (χ1v) is 31.5. The van der Waals surface area contributed by atoms with Gasteiger partial charge in [0.05, 0.1) is 51.6 Å². The van der Waals surface area contributed by atoms with E-state index in [0.29, 0.717) is 11.1 Å². The Morgan fingerprint density at radius 3 is 1.91 bits per heavy atom. The summed E-state index contributed by atoms with van der Waals surface area (Å²) in [5.74, 6) is -8.92. The second-order valence-electron chi connectivity index (χ2n) is 24.6. The first-order valence-electron chi connectivity index (χ1n) is 31.5. The number of benzene rings is 3. The predicted octanol–water partition coefficient (Wildman–Crippen LogP) is -10.9. The second kappa shape index (κ2) is 32.0. The van der Waals surface area contributed by atoms with Crippen molar-refractivity contribution in [3.63, 3.8) is 0 Å². The molecule has 98 heavy (non-hydrogen) atoms. The molecular formula is C61H82N12O25. The number of ether oxygens (including phenoxy) is 7. The van der Waals surface area contributed by atoms with Crippen molar-refractivity contribution < 1.29 is 123 Å². The van der Waals surface area contributed by atoms with Crippen LogP contribution in [0.15, 0.2) is 94.9 Å². The van der Waals surface area contributed by atoms with E-state index in [1.165, 1.54) is 24.3 Å². The number of nitrogens with one attached hydrogen (secondary N) is 7. The lowest BCUT2D eigenvalue weighted by molar-refractivity contribution is -0.383. The quantitative estimate of drug-likeness (QED) is 0.0597. The first-order chi connectivity index (χ1) is 46.9. The summed E-state index contributed by atoms with van der Waals surface area (Å²) in [5, 5.41) is 150. The summed E-state index contributed by atoms with van der Waals surface area (Å²) in [4.78, 5) is 96.6. The number of nitrogens with zero attached hydrogens (tertiary/aromatic N) is 3. The van der Waals surface area contributed by atoms with Crippen LogP contribution in [0.3, 0.4) is 0 Å². The summed E-state index contributed by atoms with van der Waals surface area (Å²) in [5.41, 5.74) is 13.5. The maximum Gasteiger partial charge on any atom is 0.246 e. The molecule has 0 bridgehead atoms. The van der Waals surface area contributed by atoms with Crippen LogP contribution >= 0.6 is 0 Å². The average Bonchev–Trinajstić information content (AvgIpc) is 1.29. The number of hydrogen-bond donors (Lipinski definition) is 21. The van der Waals surface area contributed by atoms with Gasteiger partial charge in [-0.15, -0.1) is 0 Å². The molecule has 0 saturated carbocycles. The molecule has 3 aromatic rings. The number of hydrogen-bond acceptors (Lipinski definition) is 31. The average molecular weight is 1380 g/mol. The smallest absolute Gasteiger partial charge is 0.246 e. The van der Waals surface area contributed by atoms with Gasteiger partial charge < -0.3 is 148 Å². The Kier molecular flexibility index (Phi) is 23.8. The lowest BCUT2D eigenvalue weighted by atomic mass is 9.92. The van der Waals surface area contributed by atoms with E-state index in [0.717, 1.165) is 4.90 Å². The van der Waals surface area contributed by atoms with Crippen molar-refractivity contribution in [3.05, 3.63) is 102 Å². The van der Waals surface area contributed by atoms with E-state index in [4.69, 9.17) is 44.6 Å². The zero-order valence-corrected chi connectivity index (χ0v) is 52.4. The highest BCUT2D eigenvalue weighted by Gasteiger charge is 2.55. The Morgan fingerprint density at radius 2 is 1.24 bits per heavy atom. The molecule has 26 atom stereocenters. The second-order valence-corrected chi connectivity index (χ2v) is 24.6. The topological polar surface area (TPSA) is 574 Å². The molecule has 3 aromatic carbocycles. The van der Waals surface area contributed by atoms with Gasteiger partial charge in [-0.3, -0.25) is 33.8 Å². The molecule has 37 nitrogen and oxygen atoms in total. The zero-order chi connectivity index (χ0) is 70.4. The van der Waals surface area contributed by atoms with Crippen molar-refractivity contribution in [2.24, 2.45) is 21.5 Å². The Hall–Kier alpha value is -7.90. The molecule has 23 N–H and O–H groups in total. The van der Waals surface area contributed by atoms with E-state index >= 15 is 9.59 Å². The molecular weight excluding hydrogens is 1300 g/mol. The molecule has 0 spiro atoms. The number of guanidine groups is 2. The van der Waals surface area contributed by atoms with Gasteiger partial charge in [-0.25, -0.2) is 4.99 Å². The Balaban J connectivity index is 0.912. The monoisotopic (exact) mass is 1380 g/mol. The van der Waals surface area contributed by atoms with Crippen molar-refractivity contribution in [1.29, 1.82) is 0 Å². The summed E-state index contributed by atoms with van der Waals surface area (Å²) < 4.78 is 41.2. The van der Waals surface area contributed by atoms with Crippen LogP contribution in [0.4, 0.5) is 0 Å². The maximum atomic E-state index is 15.2. The van der Waals surface area contributed by atoms with Crippen LogP contribution in [0, 0.1) is 0 Å². The van der Waals surface area contributed by atoms with E-state index in [1.807, 2.05) is 0 Å². The van der Waals surface area contributed by atoms with Gasteiger partial charge in [-0.2, -0.15) is 0 Å². The van der Waals surface area contributed by atoms with Crippen molar-refractivity contribution in [2.45, 2.75) is 172 Å². The third-order valence-electron chi connectivity index (χ3n) is 18.1. The van der Waals surface area contributed by atoms with E-state index in [2.05, 4.69) is 47.2 Å². The first kappa shape index (κ1) is 72.8. The molecule has 10 rings (SSSR count). The Labute approximate surface area is 558 Å². The highest BCUT2D eigenvalue weighted by atomic mass is 16.8. The van der Waals surface area contributed by atoms with Crippen molar-refractivity contribution in [2.75, 3.05) is 46.1 Å². The summed E-state index contributed by atoms with van der Waals surface area (Å²) in [6.07, 6.45) is -30.6. The number of carbonyl (C=O) groups excluding carboxylic acids is 6. The summed E-state index contributed by atoms with van der Waals surface area (Å²) in [6.45, 7) is -3.11. The third kappa shape index (κ3) is 16.0.